The van der Waals surface area contributed by atoms with Crippen LogP contribution in [0.5, 0.6) is 0 Å². The lowest BCUT2D eigenvalue weighted by atomic mass is 9.83. The van der Waals surface area contributed by atoms with E-state index >= 15 is 0 Å². The van der Waals surface area contributed by atoms with Gasteiger partial charge in [0, 0.05) is 12.1 Å². The number of hydrogen-bond acceptors (Lipinski definition) is 2. The monoisotopic (exact) mass is 197 g/mol. The van der Waals surface area contributed by atoms with E-state index in [9.17, 15) is 0 Å². The Bertz CT molecular complexity index is 193. The lowest BCUT2D eigenvalue weighted by Gasteiger charge is -2.43. The molecule has 1 heterocycles. The molecule has 0 amide bonds. The highest BCUT2D eigenvalue weighted by Crippen LogP contribution is 2.29. The van der Waals surface area contributed by atoms with Crippen LogP contribution >= 0.6 is 0 Å². The van der Waals surface area contributed by atoms with Crippen molar-refractivity contribution >= 4 is 0 Å². The fourth-order valence-electron chi connectivity index (χ4n) is 2.66. The lowest BCUT2D eigenvalue weighted by molar-refractivity contribution is -0.0610. The third-order valence-corrected chi connectivity index (χ3v) is 3.77. The lowest BCUT2D eigenvalue weighted by Crippen LogP contribution is -2.57. The van der Waals surface area contributed by atoms with E-state index in [4.69, 9.17) is 4.74 Å². The van der Waals surface area contributed by atoms with Crippen molar-refractivity contribution < 1.29 is 4.74 Å². The second-order valence-electron chi connectivity index (χ2n) is 5.41. The molecule has 2 nitrogen and oxygen atoms in total. The first-order chi connectivity index (χ1) is 6.66. The summed E-state index contributed by atoms with van der Waals surface area (Å²) in [7, 11) is 0. The Labute approximate surface area is 87.4 Å². The predicted molar refractivity (Wildman–Crippen MR) is 58.3 cm³/mol. The maximum absolute atomic E-state index is 5.94. The van der Waals surface area contributed by atoms with Gasteiger partial charge in [0.2, 0.25) is 0 Å². The number of hydrogen-bond donors (Lipinski definition) is 1. The number of morpholine rings is 1. The van der Waals surface area contributed by atoms with Gasteiger partial charge in [0.05, 0.1) is 12.7 Å². The Balaban J connectivity index is 1.93. The maximum atomic E-state index is 5.94. The molecule has 0 bridgehead atoms. The van der Waals surface area contributed by atoms with Crippen molar-refractivity contribution in [2.45, 2.75) is 58.2 Å². The predicted octanol–water partition coefficient (Wildman–Crippen LogP) is 2.19. The molecule has 2 aliphatic rings. The largest absolute Gasteiger partial charge is 0.375 e. The van der Waals surface area contributed by atoms with E-state index in [0.29, 0.717) is 24.1 Å². The Morgan fingerprint density at radius 3 is 2.79 bits per heavy atom. The van der Waals surface area contributed by atoms with Crippen molar-refractivity contribution in [2.24, 2.45) is 11.8 Å². The minimum absolute atomic E-state index is 0.501. The molecule has 1 aliphatic carbocycles. The van der Waals surface area contributed by atoms with Crippen molar-refractivity contribution in [1.29, 1.82) is 0 Å². The third-order valence-electron chi connectivity index (χ3n) is 3.77. The molecule has 82 valence electrons. The zero-order valence-electron chi connectivity index (χ0n) is 9.62. The van der Waals surface area contributed by atoms with E-state index < -0.39 is 0 Å². The molecule has 1 saturated heterocycles. The van der Waals surface area contributed by atoms with Gasteiger partial charge in [0.15, 0.2) is 0 Å². The summed E-state index contributed by atoms with van der Waals surface area (Å²) in [5.74, 6) is 1.56. The maximum Gasteiger partial charge on any atom is 0.0729 e. The van der Waals surface area contributed by atoms with Crippen molar-refractivity contribution in [3.8, 4) is 0 Å². The molecule has 1 N–H and O–H groups in total. The topological polar surface area (TPSA) is 21.3 Å². The van der Waals surface area contributed by atoms with Gasteiger partial charge in [-0.05, 0) is 31.1 Å². The number of fused-ring (bicyclic) bond motifs is 1. The van der Waals surface area contributed by atoms with E-state index in [-0.39, 0.29) is 0 Å². The van der Waals surface area contributed by atoms with Crippen LogP contribution in [0.1, 0.15) is 40.0 Å². The van der Waals surface area contributed by atoms with E-state index in [2.05, 4.69) is 26.1 Å². The minimum Gasteiger partial charge on any atom is -0.375 e. The van der Waals surface area contributed by atoms with Gasteiger partial charge in [-0.3, -0.25) is 0 Å². The van der Waals surface area contributed by atoms with Gasteiger partial charge in [-0.15, -0.1) is 0 Å². The SMILES string of the molecule is CC1CCC2OCC(C(C)C)NC2C1. The molecule has 0 aromatic carbocycles. The van der Waals surface area contributed by atoms with Crippen LogP contribution in [0.15, 0.2) is 0 Å². The van der Waals surface area contributed by atoms with E-state index in [1.165, 1.54) is 19.3 Å². The van der Waals surface area contributed by atoms with Gasteiger partial charge in [-0.25, -0.2) is 0 Å². The van der Waals surface area contributed by atoms with Crippen molar-refractivity contribution in [3.05, 3.63) is 0 Å². The van der Waals surface area contributed by atoms with Crippen LogP contribution in [0.25, 0.3) is 0 Å². The minimum atomic E-state index is 0.501. The molecule has 2 fully saturated rings. The van der Waals surface area contributed by atoms with Gasteiger partial charge in [0.25, 0.3) is 0 Å². The standard InChI is InChI=1S/C12H23NO/c1-8(2)11-7-14-12-5-4-9(3)6-10(12)13-11/h8-13H,4-7H2,1-3H3. The summed E-state index contributed by atoms with van der Waals surface area (Å²) >= 11 is 0. The Morgan fingerprint density at radius 1 is 1.29 bits per heavy atom. The summed E-state index contributed by atoms with van der Waals surface area (Å²) in [5.41, 5.74) is 0. The highest BCUT2D eigenvalue weighted by Gasteiger charge is 2.35. The second-order valence-corrected chi connectivity index (χ2v) is 5.41. The summed E-state index contributed by atoms with van der Waals surface area (Å²) in [6.07, 6.45) is 4.40. The highest BCUT2D eigenvalue weighted by atomic mass is 16.5. The molecule has 0 radical (unpaired) electrons. The normalized spacial score (nSPS) is 43.7. The molecular formula is C12H23NO. The zero-order valence-corrected chi connectivity index (χ0v) is 9.62. The Hall–Kier alpha value is -0.0800. The van der Waals surface area contributed by atoms with Gasteiger partial charge < -0.3 is 10.1 Å². The zero-order chi connectivity index (χ0) is 10.1. The van der Waals surface area contributed by atoms with E-state index in [1.807, 2.05) is 0 Å². The summed E-state index contributed by atoms with van der Waals surface area (Å²) in [5, 5.41) is 3.76. The van der Waals surface area contributed by atoms with Crippen LogP contribution in [0.3, 0.4) is 0 Å². The summed E-state index contributed by atoms with van der Waals surface area (Å²) in [4.78, 5) is 0. The van der Waals surface area contributed by atoms with E-state index in [0.717, 1.165) is 12.5 Å². The van der Waals surface area contributed by atoms with Gasteiger partial charge in [0.1, 0.15) is 0 Å². The van der Waals surface area contributed by atoms with Gasteiger partial charge >= 0.3 is 0 Å². The summed E-state index contributed by atoms with van der Waals surface area (Å²) in [6, 6.07) is 1.20. The molecule has 0 aromatic heterocycles. The first-order valence-electron chi connectivity index (χ1n) is 6.04. The average molecular weight is 197 g/mol. The first-order valence-corrected chi connectivity index (χ1v) is 6.04. The average Bonchev–Trinajstić information content (AvgIpc) is 2.16. The molecule has 2 rings (SSSR count). The Morgan fingerprint density at radius 2 is 2.07 bits per heavy atom. The van der Waals surface area contributed by atoms with Crippen molar-refractivity contribution in [2.75, 3.05) is 6.61 Å². The number of nitrogens with one attached hydrogen (secondary N) is 1. The van der Waals surface area contributed by atoms with Crippen LogP contribution in [0.2, 0.25) is 0 Å². The molecule has 1 aliphatic heterocycles. The smallest absolute Gasteiger partial charge is 0.0729 e. The van der Waals surface area contributed by atoms with Crippen LogP contribution in [0.4, 0.5) is 0 Å². The molecular weight excluding hydrogens is 174 g/mol. The third kappa shape index (κ3) is 2.12. The molecule has 0 spiro atoms. The summed E-state index contributed by atoms with van der Waals surface area (Å²) < 4.78 is 5.94. The number of ether oxygens (including phenoxy) is 1. The fourth-order valence-corrected chi connectivity index (χ4v) is 2.66. The van der Waals surface area contributed by atoms with Crippen molar-refractivity contribution in [1.82, 2.24) is 5.32 Å². The molecule has 2 heteroatoms. The molecule has 0 aromatic rings. The fraction of sp³-hybridized carbons (Fsp3) is 1.00. The van der Waals surface area contributed by atoms with E-state index in [1.54, 1.807) is 0 Å². The van der Waals surface area contributed by atoms with Crippen LogP contribution in [-0.4, -0.2) is 24.8 Å². The van der Waals surface area contributed by atoms with Crippen LogP contribution < -0.4 is 5.32 Å². The molecule has 4 atom stereocenters. The van der Waals surface area contributed by atoms with Crippen LogP contribution in [-0.2, 0) is 4.74 Å². The quantitative estimate of drug-likeness (QED) is 0.695. The Kier molecular flexibility index (Phi) is 3.13. The second kappa shape index (κ2) is 4.19. The van der Waals surface area contributed by atoms with Gasteiger partial charge in [-0.2, -0.15) is 0 Å². The molecule has 4 unspecified atom stereocenters. The number of rotatable bonds is 1. The van der Waals surface area contributed by atoms with Gasteiger partial charge in [-0.1, -0.05) is 20.8 Å². The van der Waals surface area contributed by atoms with Crippen LogP contribution in [0, 0.1) is 11.8 Å². The molecule has 14 heavy (non-hydrogen) atoms. The van der Waals surface area contributed by atoms with Crippen molar-refractivity contribution in [3.63, 3.8) is 0 Å². The first kappa shape index (κ1) is 10.4. The molecule has 1 saturated carbocycles. The summed E-state index contributed by atoms with van der Waals surface area (Å²) in [6.45, 7) is 7.81. The highest BCUT2D eigenvalue weighted by molar-refractivity contribution is 4.91.